The molecule has 0 fully saturated rings. The Morgan fingerprint density at radius 1 is 1.20 bits per heavy atom. The molecule has 0 aliphatic carbocycles. The van der Waals surface area contributed by atoms with Crippen molar-refractivity contribution in [3.05, 3.63) is 59.7 Å². The Kier molecular flexibility index (Phi) is 8.09. The van der Waals surface area contributed by atoms with Gasteiger partial charge in [0.2, 0.25) is 5.91 Å². The second-order valence-corrected chi connectivity index (χ2v) is 7.15. The maximum atomic E-state index is 11.5. The summed E-state index contributed by atoms with van der Waals surface area (Å²) >= 11 is 0. The van der Waals surface area contributed by atoms with Crippen molar-refractivity contribution in [2.45, 2.75) is 25.7 Å². The molecule has 0 spiro atoms. The molecule has 1 unspecified atom stereocenters. The third-order valence-electron chi connectivity index (χ3n) is 4.94. The fourth-order valence-corrected chi connectivity index (χ4v) is 3.32. The van der Waals surface area contributed by atoms with Crippen LogP contribution in [0, 0.1) is 0 Å². The summed E-state index contributed by atoms with van der Waals surface area (Å²) in [7, 11) is 0. The SMILES string of the molecule is CCNC(=NCC(CO)c1ccccc1)NCCOc1ccc2c(c1)CCC(=O)N2. The van der Waals surface area contributed by atoms with Gasteiger partial charge in [0.25, 0.3) is 0 Å². The Hall–Kier alpha value is -3.06. The van der Waals surface area contributed by atoms with Crippen molar-refractivity contribution in [3.63, 3.8) is 0 Å². The van der Waals surface area contributed by atoms with Crippen molar-refractivity contribution in [3.8, 4) is 5.75 Å². The molecule has 1 aliphatic rings. The van der Waals surface area contributed by atoms with Gasteiger partial charge in [-0.1, -0.05) is 30.3 Å². The quantitative estimate of drug-likeness (QED) is 0.289. The van der Waals surface area contributed by atoms with Crippen molar-refractivity contribution in [2.24, 2.45) is 4.99 Å². The lowest BCUT2D eigenvalue weighted by atomic mass is 10.0. The third kappa shape index (κ3) is 6.22. The first kappa shape index (κ1) is 21.6. The Labute approximate surface area is 177 Å². The average Bonchev–Trinajstić information content (AvgIpc) is 2.77. The van der Waals surface area contributed by atoms with E-state index in [1.165, 1.54) is 0 Å². The lowest BCUT2D eigenvalue weighted by Crippen LogP contribution is -2.39. The van der Waals surface area contributed by atoms with Crippen LogP contribution >= 0.6 is 0 Å². The van der Waals surface area contributed by atoms with E-state index in [0.717, 1.165) is 35.5 Å². The van der Waals surface area contributed by atoms with E-state index in [1.807, 2.05) is 55.5 Å². The minimum atomic E-state index is -0.0334. The molecule has 1 amide bonds. The Bertz CT molecular complexity index is 855. The van der Waals surface area contributed by atoms with E-state index in [0.29, 0.717) is 32.1 Å². The fourth-order valence-electron chi connectivity index (χ4n) is 3.32. The maximum absolute atomic E-state index is 11.5. The molecular weight excluding hydrogens is 380 g/mol. The molecule has 2 aromatic rings. The number of amides is 1. The lowest BCUT2D eigenvalue weighted by Gasteiger charge is -2.18. The van der Waals surface area contributed by atoms with Gasteiger partial charge in [0.1, 0.15) is 12.4 Å². The number of rotatable bonds is 9. The van der Waals surface area contributed by atoms with E-state index < -0.39 is 0 Å². The number of aliphatic hydroxyl groups excluding tert-OH is 1. The van der Waals surface area contributed by atoms with E-state index in [2.05, 4.69) is 20.9 Å². The third-order valence-corrected chi connectivity index (χ3v) is 4.94. The largest absolute Gasteiger partial charge is 0.492 e. The Morgan fingerprint density at radius 2 is 2.03 bits per heavy atom. The minimum absolute atomic E-state index is 0.0334. The summed E-state index contributed by atoms with van der Waals surface area (Å²) in [6, 6.07) is 15.7. The van der Waals surface area contributed by atoms with Crippen LogP contribution in [0.25, 0.3) is 0 Å². The Morgan fingerprint density at radius 3 is 2.80 bits per heavy atom. The molecule has 0 radical (unpaired) electrons. The molecule has 4 N–H and O–H groups in total. The lowest BCUT2D eigenvalue weighted by molar-refractivity contribution is -0.116. The van der Waals surface area contributed by atoms with Crippen LogP contribution in [0.1, 0.15) is 30.4 Å². The number of ether oxygens (including phenoxy) is 1. The second-order valence-electron chi connectivity index (χ2n) is 7.15. The normalized spacial score (nSPS) is 14.5. The number of aliphatic imine (C=N–C) groups is 1. The molecule has 0 aromatic heterocycles. The van der Waals surface area contributed by atoms with Gasteiger partial charge in [-0.3, -0.25) is 9.79 Å². The van der Waals surface area contributed by atoms with Crippen LogP contribution in [0.5, 0.6) is 5.75 Å². The standard InChI is InChI=1S/C23H30N4O3/c1-2-24-23(26-15-19(16-28)17-6-4-3-5-7-17)25-12-13-30-20-9-10-21-18(14-20)8-11-22(29)27-21/h3-7,9-10,14,19,28H,2,8,11-13,15-16H2,1H3,(H,27,29)(H2,24,25,26). The zero-order valence-corrected chi connectivity index (χ0v) is 17.4. The number of hydrogen-bond acceptors (Lipinski definition) is 4. The molecule has 160 valence electrons. The summed E-state index contributed by atoms with van der Waals surface area (Å²) in [5.41, 5.74) is 3.05. The first-order valence-corrected chi connectivity index (χ1v) is 10.4. The van der Waals surface area contributed by atoms with Gasteiger partial charge < -0.3 is 25.8 Å². The van der Waals surface area contributed by atoms with Crippen LogP contribution in [-0.2, 0) is 11.2 Å². The van der Waals surface area contributed by atoms with Crippen molar-refractivity contribution < 1.29 is 14.6 Å². The number of anilines is 1. The van der Waals surface area contributed by atoms with Gasteiger partial charge in [-0.25, -0.2) is 0 Å². The summed E-state index contributed by atoms with van der Waals surface area (Å²) in [6.07, 6.45) is 1.25. The van der Waals surface area contributed by atoms with Gasteiger partial charge in [-0.2, -0.15) is 0 Å². The molecule has 0 saturated carbocycles. The second kappa shape index (κ2) is 11.2. The van der Waals surface area contributed by atoms with Gasteiger partial charge in [0.05, 0.1) is 19.7 Å². The number of benzene rings is 2. The highest BCUT2D eigenvalue weighted by Gasteiger charge is 2.15. The number of nitrogens with one attached hydrogen (secondary N) is 3. The molecule has 1 heterocycles. The van der Waals surface area contributed by atoms with Crippen LogP contribution < -0.4 is 20.7 Å². The number of hydrogen-bond donors (Lipinski definition) is 4. The highest BCUT2D eigenvalue weighted by atomic mass is 16.5. The summed E-state index contributed by atoms with van der Waals surface area (Å²) in [5, 5.41) is 19.1. The number of carbonyl (C=O) groups is 1. The van der Waals surface area contributed by atoms with Crippen LogP contribution in [0.4, 0.5) is 5.69 Å². The number of fused-ring (bicyclic) bond motifs is 1. The molecule has 1 atom stereocenters. The van der Waals surface area contributed by atoms with Gasteiger partial charge in [0.15, 0.2) is 5.96 Å². The highest BCUT2D eigenvalue weighted by Crippen LogP contribution is 2.26. The predicted octanol–water partition coefficient (Wildman–Crippen LogP) is 2.28. The monoisotopic (exact) mass is 410 g/mol. The molecule has 0 saturated heterocycles. The van der Waals surface area contributed by atoms with E-state index in [9.17, 15) is 9.90 Å². The summed E-state index contributed by atoms with van der Waals surface area (Å²) in [5.74, 6) is 1.52. The van der Waals surface area contributed by atoms with Gasteiger partial charge in [0, 0.05) is 24.6 Å². The molecular formula is C23H30N4O3. The van der Waals surface area contributed by atoms with Crippen molar-refractivity contribution in [1.29, 1.82) is 0 Å². The van der Waals surface area contributed by atoms with Gasteiger partial charge in [-0.15, -0.1) is 0 Å². The molecule has 7 nitrogen and oxygen atoms in total. The smallest absolute Gasteiger partial charge is 0.224 e. The van der Waals surface area contributed by atoms with Gasteiger partial charge >= 0.3 is 0 Å². The molecule has 0 bridgehead atoms. The summed E-state index contributed by atoms with van der Waals surface area (Å²) < 4.78 is 5.85. The number of carbonyl (C=O) groups excluding carboxylic acids is 1. The van der Waals surface area contributed by atoms with Crippen molar-refractivity contribution in [1.82, 2.24) is 10.6 Å². The minimum Gasteiger partial charge on any atom is -0.492 e. The number of nitrogens with zero attached hydrogens (tertiary/aromatic N) is 1. The fraction of sp³-hybridized carbons (Fsp3) is 0.391. The maximum Gasteiger partial charge on any atom is 0.224 e. The zero-order chi connectivity index (χ0) is 21.2. The predicted molar refractivity (Wildman–Crippen MR) is 119 cm³/mol. The van der Waals surface area contributed by atoms with E-state index in [1.54, 1.807) is 0 Å². The number of aryl methyl sites for hydroxylation is 1. The first-order valence-electron chi connectivity index (χ1n) is 10.4. The summed E-state index contributed by atoms with van der Waals surface area (Å²) in [6.45, 7) is 4.38. The van der Waals surface area contributed by atoms with Gasteiger partial charge in [-0.05, 0) is 42.7 Å². The molecule has 30 heavy (non-hydrogen) atoms. The van der Waals surface area contributed by atoms with Crippen molar-refractivity contribution in [2.75, 3.05) is 38.2 Å². The van der Waals surface area contributed by atoms with Crippen LogP contribution in [-0.4, -0.2) is 49.8 Å². The Balaban J connectivity index is 1.49. The molecule has 3 rings (SSSR count). The number of aliphatic hydroxyl groups is 1. The topological polar surface area (TPSA) is 95.0 Å². The molecule has 7 heteroatoms. The highest BCUT2D eigenvalue weighted by molar-refractivity contribution is 5.94. The van der Waals surface area contributed by atoms with Crippen LogP contribution in [0.2, 0.25) is 0 Å². The van der Waals surface area contributed by atoms with Crippen LogP contribution in [0.15, 0.2) is 53.5 Å². The van der Waals surface area contributed by atoms with E-state index in [-0.39, 0.29) is 18.4 Å². The first-order chi connectivity index (χ1) is 14.7. The van der Waals surface area contributed by atoms with Crippen molar-refractivity contribution >= 4 is 17.6 Å². The number of guanidine groups is 1. The molecule has 1 aliphatic heterocycles. The van der Waals surface area contributed by atoms with E-state index in [4.69, 9.17) is 4.74 Å². The van der Waals surface area contributed by atoms with E-state index >= 15 is 0 Å². The zero-order valence-electron chi connectivity index (χ0n) is 17.4. The van der Waals surface area contributed by atoms with Crippen LogP contribution in [0.3, 0.4) is 0 Å². The average molecular weight is 411 g/mol. The summed E-state index contributed by atoms with van der Waals surface area (Å²) in [4.78, 5) is 16.1. The molecule has 2 aromatic carbocycles.